The van der Waals surface area contributed by atoms with E-state index < -0.39 is 0 Å². The molecule has 4 saturated carbocycles. The lowest BCUT2D eigenvalue weighted by atomic mass is 9.48. The van der Waals surface area contributed by atoms with Crippen molar-refractivity contribution in [2.75, 3.05) is 0 Å². The van der Waals surface area contributed by atoms with Gasteiger partial charge in [-0.25, -0.2) is 0 Å². The fraction of sp³-hybridized carbons (Fsp3) is 0.929. The van der Waals surface area contributed by atoms with E-state index in [4.69, 9.17) is 0 Å². The number of rotatable bonds is 2. The van der Waals surface area contributed by atoms with E-state index in [-0.39, 0.29) is 9.74 Å². The topological polar surface area (TPSA) is 17.1 Å². The molecular weight excluding hydrogens is 264 g/mol. The highest BCUT2D eigenvalue weighted by molar-refractivity contribution is 9.10. The van der Waals surface area contributed by atoms with Gasteiger partial charge in [-0.15, -0.1) is 0 Å². The van der Waals surface area contributed by atoms with Gasteiger partial charge in [-0.1, -0.05) is 15.9 Å². The summed E-state index contributed by atoms with van der Waals surface area (Å²) < 4.78 is -0.321. The summed E-state index contributed by atoms with van der Waals surface area (Å²) in [5.41, 5.74) is 0.0573. The van der Waals surface area contributed by atoms with Gasteiger partial charge < -0.3 is 0 Å². The van der Waals surface area contributed by atoms with Crippen molar-refractivity contribution in [2.45, 2.75) is 56.7 Å². The molecule has 0 atom stereocenters. The van der Waals surface area contributed by atoms with Gasteiger partial charge in [0.1, 0.15) is 0 Å². The number of ketones is 1. The zero-order valence-electron chi connectivity index (χ0n) is 10.3. The van der Waals surface area contributed by atoms with E-state index in [1.54, 1.807) is 0 Å². The molecule has 1 nitrogen and oxygen atoms in total. The molecule has 4 rings (SSSR count). The van der Waals surface area contributed by atoms with Crippen LogP contribution in [-0.4, -0.2) is 10.1 Å². The van der Waals surface area contributed by atoms with Crippen molar-refractivity contribution >= 4 is 21.7 Å². The summed E-state index contributed by atoms with van der Waals surface area (Å²) in [4.78, 5) is 12.7. The zero-order valence-corrected chi connectivity index (χ0v) is 11.8. The molecule has 4 aliphatic carbocycles. The van der Waals surface area contributed by atoms with E-state index in [2.05, 4.69) is 15.9 Å². The minimum Gasteiger partial charge on any atom is -0.298 e. The first-order valence-corrected chi connectivity index (χ1v) is 7.42. The maximum Gasteiger partial charge on any atom is 0.155 e. The van der Waals surface area contributed by atoms with Crippen LogP contribution in [0.1, 0.15) is 52.4 Å². The smallest absolute Gasteiger partial charge is 0.155 e. The summed E-state index contributed by atoms with van der Waals surface area (Å²) >= 11 is 3.58. The molecule has 0 heterocycles. The van der Waals surface area contributed by atoms with E-state index in [0.29, 0.717) is 5.78 Å². The molecule has 2 heteroatoms. The quantitative estimate of drug-likeness (QED) is 0.702. The first-order chi connectivity index (χ1) is 7.39. The Labute approximate surface area is 106 Å². The minimum atomic E-state index is -0.321. The van der Waals surface area contributed by atoms with Crippen LogP contribution in [-0.2, 0) is 4.79 Å². The number of alkyl halides is 1. The summed E-state index contributed by atoms with van der Waals surface area (Å²) in [5, 5.41) is 0. The second kappa shape index (κ2) is 3.34. The van der Waals surface area contributed by atoms with Crippen molar-refractivity contribution in [3.05, 3.63) is 0 Å². The van der Waals surface area contributed by atoms with Gasteiger partial charge in [0.2, 0.25) is 0 Å². The standard InChI is InChI=1S/C14H21BrO/c1-13(2,15)12(16)14-6-9-3-10(7-14)5-11(4-9)8-14/h9-11H,3-8H2,1-2H3. The lowest BCUT2D eigenvalue weighted by Crippen LogP contribution is -2.53. The second-order valence-electron chi connectivity index (χ2n) is 7.00. The normalized spacial score (nSPS) is 46.1. The van der Waals surface area contributed by atoms with Gasteiger partial charge in [0.15, 0.2) is 5.78 Å². The third-order valence-corrected chi connectivity index (χ3v) is 5.42. The Morgan fingerprint density at radius 1 is 1.06 bits per heavy atom. The molecule has 0 saturated heterocycles. The van der Waals surface area contributed by atoms with Crippen molar-refractivity contribution < 1.29 is 4.79 Å². The Kier molecular flexibility index (Phi) is 2.35. The van der Waals surface area contributed by atoms with Crippen LogP contribution in [0.3, 0.4) is 0 Å². The molecule has 0 N–H and O–H groups in total. The zero-order chi connectivity index (χ0) is 11.6. The largest absolute Gasteiger partial charge is 0.298 e. The van der Waals surface area contributed by atoms with E-state index in [0.717, 1.165) is 17.8 Å². The Morgan fingerprint density at radius 3 is 1.75 bits per heavy atom. The highest BCUT2D eigenvalue weighted by Gasteiger charge is 2.56. The summed E-state index contributed by atoms with van der Waals surface area (Å²) in [7, 11) is 0. The number of hydrogen-bond donors (Lipinski definition) is 0. The van der Waals surface area contributed by atoms with E-state index in [1.165, 1.54) is 38.5 Å². The molecule has 0 radical (unpaired) electrons. The van der Waals surface area contributed by atoms with Gasteiger partial charge in [-0.05, 0) is 70.1 Å². The van der Waals surface area contributed by atoms with Crippen LogP contribution < -0.4 is 0 Å². The predicted molar refractivity (Wildman–Crippen MR) is 68.6 cm³/mol. The molecule has 4 aliphatic rings. The highest BCUT2D eigenvalue weighted by Crippen LogP contribution is 2.61. The van der Waals surface area contributed by atoms with Crippen molar-refractivity contribution in [1.29, 1.82) is 0 Å². The second-order valence-corrected chi connectivity index (χ2v) is 8.98. The molecule has 0 spiro atoms. The maximum atomic E-state index is 12.7. The Hall–Kier alpha value is 0.150. The molecule has 0 unspecified atom stereocenters. The van der Waals surface area contributed by atoms with Gasteiger partial charge in [-0.2, -0.15) is 0 Å². The van der Waals surface area contributed by atoms with Crippen molar-refractivity contribution in [2.24, 2.45) is 23.2 Å². The van der Waals surface area contributed by atoms with Crippen LogP contribution in [0.25, 0.3) is 0 Å². The Bertz CT molecular complexity index is 291. The Morgan fingerprint density at radius 2 is 1.44 bits per heavy atom. The molecular formula is C14H21BrO. The summed E-state index contributed by atoms with van der Waals surface area (Å²) in [6.45, 7) is 4.04. The van der Waals surface area contributed by atoms with Crippen molar-refractivity contribution in [3.63, 3.8) is 0 Å². The Balaban J connectivity index is 1.91. The van der Waals surface area contributed by atoms with Crippen molar-refractivity contribution in [3.8, 4) is 0 Å². The van der Waals surface area contributed by atoms with Crippen LogP contribution in [0, 0.1) is 23.2 Å². The highest BCUT2D eigenvalue weighted by atomic mass is 79.9. The van der Waals surface area contributed by atoms with Crippen LogP contribution in [0.15, 0.2) is 0 Å². The van der Waals surface area contributed by atoms with E-state index in [1.807, 2.05) is 13.8 Å². The molecule has 4 fully saturated rings. The van der Waals surface area contributed by atoms with Gasteiger partial charge in [0, 0.05) is 5.41 Å². The predicted octanol–water partition coefficient (Wildman–Crippen LogP) is 3.95. The van der Waals surface area contributed by atoms with Gasteiger partial charge in [0.05, 0.1) is 4.32 Å². The molecule has 16 heavy (non-hydrogen) atoms. The number of carbonyl (C=O) groups is 1. The number of halogens is 1. The minimum absolute atomic E-state index is 0.0573. The molecule has 0 aromatic heterocycles. The lowest BCUT2D eigenvalue weighted by Gasteiger charge is -2.57. The maximum absolute atomic E-state index is 12.7. The van der Waals surface area contributed by atoms with E-state index >= 15 is 0 Å². The SMILES string of the molecule is CC(C)(Br)C(=O)C12CC3CC(CC(C3)C1)C2. The molecule has 0 amide bonds. The molecule has 0 aliphatic heterocycles. The first-order valence-electron chi connectivity index (χ1n) is 6.63. The van der Waals surface area contributed by atoms with Crippen LogP contribution in [0.2, 0.25) is 0 Å². The fourth-order valence-corrected chi connectivity index (χ4v) is 5.44. The average molecular weight is 285 g/mol. The summed E-state index contributed by atoms with van der Waals surface area (Å²) in [6.07, 6.45) is 7.80. The van der Waals surface area contributed by atoms with Crippen LogP contribution in [0.5, 0.6) is 0 Å². The molecule has 90 valence electrons. The fourth-order valence-electron chi connectivity index (χ4n) is 5.02. The van der Waals surface area contributed by atoms with Gasteiger partial charge in [-0.3, -0.25) is 4.79 Å². The van der Waals surface area contributed by atoms with Gasteiger partial charge >= 0.3 is 0 Å². The summed E-state index contributed by atoms with van der Waals surface area (Å²) in [6, 6.07) is 0. The number of Topliss-reactive ketones (excluding diaryl/α,β-unsaturated/α-hetero) is 1. The lowest BCUT2D eigenvalue weighted by molar-refractivity contribution is -0.145. The first kappa shape index (κ1) is 11.3. The number of carbonyl (C=O) groups excluding carboxylic acids is 1. The third kappa shape index (κ3) is 1.60. The molecule has 0 aromatic rings. The molecule has 0 aromatic carbocycles. The van der Waals surface area contributed by atoms with Crippen LogP contribution in [0.4, 0.5) is 0 Å². The van der Waals surface area contributed by atoms with E-state index in [9.17, 15) is 4.79 Å². The monoisotopic (exact) mass is 284 g/mol. The molecule has 4 bridgehead atoms. The number of hydrogen-bond acceptors (Lipinski definition) is 1. The third-order valence-electron chi connectivity index (χ3n) is 5.06. The summed E-state index contributed by atoms with van der Waals surface area (Å²) in [5.74, 6) is 3.08. The average Bonchev–Trinajstić information content (AvgIpc) is 2.12. The van der Waals surface area contributed by atoms with Crippen LogP contribution >= 0.6 is 15.9 Å². The van der Waals surface area contributed by atoms with Gasteiger partial charge in [0.25, 0.3) is 0 Å². The van der Waals surface area contributed by atoms with Crippen molar-refractivity contribution in [1.82, 2.24) is 0 Å².